The van der Waals surface area contributed by atoms with Gasteiger partial charge in [-0.2, -0.15) is 0 Å². The number of halogens is 2. The number of carbonyl (C=O) groups is 1. The number of nitrogens with two attached hydrogens (primary N) is 1. The van der Waals surface area contributed by atoms with Gasteiger partial charge in [0, 0.05) is 12.2 Å². The first-order valence-corrected chi connectivity index (χ1v) is 5.94. The van der Waals surface area contributed by atoms with Crippen LogP contribution in [0, 0.1) is 0 Å². The van der Waals surface area contributed by atoms with E-state index in [4.69, 9.17) is 33.7 Å². The van der Waals surface area contributed by atoms with Crippen molar-refractivity contribution in [2.45, 2.75) is 13.3 Å². The van der Waals surface area contributed by atoms with Gasteiger partial charge >= 0.3 is 0 Å². The first kappa shape index (κ1) is 13.9. The molecule has 94 valence electrons. The van der Waals surface area contributed by atoms with Crippen LogP contribution in [0.3, 0.4) is 0 Å². The van der Waals surface area contributed by atoms with Crippen molar-refractivity contribution in [2.24, 2.45) is 0 Å². The highest BCUT2D eigenvalue weighted by Gasteiger charge is 2.10. The van der Waals surface area contributed by atoms with E-state index in [0.29, 0.717) is 22.3 Å². The predicted octanol–water partition coefficient (Wildman–Crippen LogP) is 2.48. The van der Waals surface area contributed by atoms with Gasteiger partial charge in [0.1, 0.15) is 0 Å². The van der Waals surface area contributed by atoms with E-state index in [0.717, 1.165) is 6.42 Å². The summed E-state index contributed by atoms with van der Waals surface area (Å²) in [6.45, 7) is 2.46. The standard InChI is InChI=1S/C11H14Cl2N2O2/c1-2-3-15-10(16)6-17-11-8(12)4-7(14)5-9(11)13/h4-5H,2-3,6,14H2,1H3,(H,15,16). The summed E-state index contributed by atoms with van der Waals surface area (Å²) in [7, 11) is 0. The van der Waals surface area contributed by atoms with Crippen molar-refractivity contribution < 1.29 is 9.53 Å². The molecule has 1 rings (SSSR count). The third-order valence-electron chi connectivity index (χ3n) is 1.94. The lowest BCUT2D eigenvalue weighted by molar-refractivity contribution is -0.123. The normalized spacial score (nSPS) is 10.1. The Labute approximate surface area is 110 Å². The van der Waals surface area contributed by atoms with Gasteiger partial charge in [0.2, 0.25) is 0 Å². The van der Waals surface area contributed by atoms with Gasteiger partial charge in [-0.05, 0) is 18.6 Å². The van der Waals surface area contributed by atoms with Crippen LogP contribution < -0.4 is 15.8 Å². The summed E-state index contributed by atoms with van der Waals surface area (Å²) in [6.07, 6.45) is 0.870. The Bertz CT molecular complexity index is 387. The largest absolute Gasteiger partial charge is 0.481 e. The van der Waals surface area contributed by atoms with E-state index in [-0.39, 0.29) is 18.3 Å². The number of benzene rings is 1. The fourth-order valence-corrected chi connectivity index (χ4v) is 1.78. The molecule has 0 bridgehead atoms. The molecule has 1 aromatic carbocycles. The molecule has 0 radical (unpaired) electrons. The van der Waals surface area contributed by atoms with Crippen LogP contribution in [-0.2, 0) is 4.79 Å². The van der Waals surface area contributed by atoms with E-state index >= 15 is 0 Å². The number of nitrogen functional groups attached to an aromatic ring is 1. The Morgan fingerprint density at radius 1 is 1.41 bits per heavy atom. The van der Waals surface area contributed by atoms with Crippen molar-refractivity contribution in [3.8, 4) is 5.75 Å². The molecule has 0 aromatic heterocycles. The quantitative estimate of drug-likeness (QED) is 0.813. The van der Waals surface area contributed by atoms with Gasteiger partial charge in [-0.1, -0.05) is 30.1 Å². The highest BCUT2D eigenvalue weighted by Crippen LogP contribution is 2.34. The maximum atomic E-state index is 11.3. The number of hydrogen-bond acceptors (Lipinski definition) is 3. The van der Waals surface area contributed by atoms with E-state index in [1.54, 1.807) is 0 Å². The molecular weight excluding hydrogens is 263 g/mol. The number of nitrogens with one attached hydrogen (secondary N) is 1. The minimum absolute atomic E-state index is 0.122. The van der Waals surface area contributed by atoms with Gasteiger partial charge in [0.25, 0.3) is 5.91 Å². The zero-order valence-corrected chi connectivity index (χ0v) is 10.9. The summed E-state index contributed by atoms with van der Waals surface area (Å²) >= 11 is 11.8. The van der Waals surface area contributed by atoms with Gasteiger partial charge < -0.3 is 15.8 Å². The highest BCUT2D eigenvalue weighted by atomic mass is 35.5. The van der Waals surface area contributed by atoms with Crippen LogP contribution in [0.2, 0.25) is 10.0 Å². The molecule has 17 heavy (non-hydrogen) atoms. The topological polar surface area (TPSA) is 64.3 Å². The van der Waals surface area contributed by atoms with Crippen LogP contribution in [-0.4, -0.2) is 19.1 Å². The minimum Gasteiger partial charge on any atom is -0.481 e. The molecule has 0 fully saturated rings. The third kappa shape index (κ3) is 4.32. The molecule has 0 aliphatic rings. The van der Waals surface area contributed by atoms with Crippen molar-refractivity contribution in [3.63, 3.8) is 0 Å². The Morgan fingerprint density at radius 3 is 2.53 bits per heavy atom. The fraction of sp³-hybridized carbons (Fsp3) is 0.364. The maximum absolute atomic E-state index is 11.3. The molecule has 1 amide bonds. The van der Waals surface area contributed by atoms with Crippen LogP contribution in [0.5, 0.6) is 5.75 Å². The molecule has 0 unspecified atom stereocenters. The first-order chi connectivity index (χ1) is 8.04. The number of anilines is 1. The van der Waals surface area contributed by atoms with Crippen molar-refractivity contribution in [3.05, 3.63) is 22.2 Å². The summed E-state index contributed by atoms with van der Waals surface area (Å²) in [5.74, 6) is 0.0602. The third-order valence-corrected chi connectivity index (χ3v) is 2.50. The molecule has 4 nitrogen and oxygen atoms in total. The Balaban J connectivity index is 2.60. The van der Waals surface area contributed by atoms with Crippen molar-refractivity contribution >= 4 is 34.8 Å². The smallest absolute Gasteiger partial charge is 0.257 e. The van der Waals surface area contributed by atoms with Crippen molar-refractivity contribution in [1.29, 1.82) is 0 Å². The molecule has 0 aliphatic heterocycles. The van der Waals surface area contributed by atoms with Crippen molar-refractivity contribution in [2.75, 3.05) is 18.9 Å². The molecule has 0 atom stereocenters. The van der Waals surface area contributed by atoms with E-state index < -0.39 is 0 Å². The maximum Gasteiger partial charge on any atom is 0.257 e. The summed E-state index contributed by atoms with van der Waals surface area (Å²) in [4.78, 5) is 11.3. The summed E-state index contributed by atoms with van der Waals surface area (Å²) in [6, 6.07) is 3.04. The number of amides is 1. The van der Waals surface area contributed by atoms with Crippen LogP contribution in [0.15, 0.2) is 12.1 Å². The Hall–Kier alpha value is -1.13. The highest BCUT2D eigenvalue weighted by molar-refractivity contribution is 6.37. The predicted molar refractivity (Wildman–Crippen MR) is 69.7 cm³/mol. The number of hydrogen-bond donors (Lipinski definition) is 2. The lowest BCUT2D eigenvalue weighted by atomic mass is 10.3. The van der Waals surface area contributed by atoms with E-state index in [9.17, 15) is 4.79 Å². The van der Waals surface area contributed by atoms with Gasteiger partial charge in [-0.15, -0.1) is 0 Å². The zero-order valence-electron chi connectivity index (χ0n) is 9.43. The summed E-state index contributed by atoms with van der Waals surface area (Å²) in [5.41, 5.74) is 5.99. The Kier molecular flexibility index (Phi) is 5.38. The molecule has 6 heteroatoms. The molecule has 3 N–H and O–H groups in total. The van der Waals surface area contributed by atoms with Crippen molar-refractivity contribution in [1.82, 2.24) is 5.32 Å². The number of ether oxygens (including phenoxy) is 1. The van der Waals surface area contributed by atoms with E-state index in [2.05, 4.69) is 5.32 Å². The van der Waals surface area contributed by atoms with Crippen LogP contribution in [0.1, 0.15) is 13.3 Å². The number of rotatable bonds is 5. The van der Waals surface area contributed by atoms with Crippen LogP contribution in [0.25, 0.3) is 0 Å². The lowest BCUT2D eigenvalue weighted by Gasteiger charge is -2.10. The SMILES string of the molecule is CCCNC(=O)COc1c(Cl)cc(N)cc1Cl. The van der Waals surface area contributed by atoms with E-state index in [1.807, 2.05) is 6.92 Å². The molecule has 0 saturated heterocycles. The molecule has 0 heterocycles. The Morgan fingerprint density at radius 2 is 2.00 bits per heavy atom. The zero-order chi connectivity index (χ0) is 12.8. The van der Waals surface area contributed by atoms with Crippen LogP contribution in [0.4, 0.5) is 5.69 Å². The van der Waals surface area contributed by atoms with Gasteiger partial charge in [-0.3, -0.25) is 4.79 Å². The van der Waals surface area contributed by atoms with Gasteiger partial charge in [-0.25, -0.2) is 0 Å². The minimum atomic E-state index is -0.212. The summed E-state index contributed by atoms with van der Waals surface area (Å²) in [5, 5.41) is 3.26. The average molecular weight is 277 g/mol. The average Bonchev–Trinajstić information content (AvgIpc) is 2.24. The second kappa shape index (κ2) is 6.57. The van der Waals surface area contributed by atoms with Gasteiger partial charge in [0.15, 0.2) is 12.4 Å². The second-order valence-corrected chi connectivity index (χ2v) is 4.27. The second-order valence-electron chi connectivity index (χ2n) is 3.45. The van der Waals surface area contributed by atoms with E-state index in [1.165, 1.54) is 12.1 Å². The molecule has 0 saturated carbocycles. The van der Waals surface area contributed by atoms with Crippen LogP contribution >= 0.6 is 23.2 Å². The molecule has 0 aliphatic carbocycles. The fourth-order valence-electron chi connectivity index (χ4n) is 1.17. The number of carbonyl (C=O) groups excluding carboxylic acids is 1. The monoisotopic (exact) mass is 276 g/mol. The molecule has 0 spiro atoms. The lowest BCUT2D eigenvalue weighted by Crippen LogP contribution is -2.29. The molecule has 1 aromatic rings. The first-order valence-electron chi connectivity index (χ1n) is 5.18. The van der Waals surface area contributed by atoms with Gasteiger partial charge in [0.05, 0.1) is 10.0 Å². The summed E-state index contributed by atoms with van der Waals surface area (Å²) < 4.78 is 5.25. The molecular formula is C11H14Cl2N2O2.